The predicted octanol–water partition coefficient (Wildman–Crippen LogP) is 0.966. The van der Waals surface area contributed by atoms with Crippen molar-refractivity contribution >= 4 is 11.9 Å². The molecule has 128 valence electrons. The van der Waals surface area contributed by atoms with Crippen molar-refractivity contribution in [3.63, 3.8) is 0 Å². The molecule has 0 bridgehead atoms. The number of carbonyl (C=O) groups excluding carboxylic acids is 1. The number of aromatic nitrogens is 3. The summed E-state index contributed by atoms with van der Waals surface area (Å²) in [5, 5.41) is 19.2. The molecule has 1 aromatic heterocycles. The highest BCUT2D eigenvalue weighted by molar-refractivity contribution is 5.82. The van der Waals surface area contributed by atoms with E-state index in [2.05, 4.69) is 15.6 Å². The fourth-order valence-corrected chi connectivity index (χ4v) is 3.05. The van der Waals surface area contributed by atoms with Gasteiger partial charge >= 0.3 is 5.97 Å². The third kappa shape index (κ3) is 4.75. The summed E-state index contributed by atoms with van der Waals surface area (Å²) in [5.41, 5.74) is 0.212. The number of carboxylic acids is 1. The second-order valence-electron chi connectivity index (χ2n) is 5.92. The molecule has 0 aliphatic heterocycles. The van der Waals surface area contributed by atoms with E-state index < -0.39 is 5.97 Å². The lowest BCUT2D eigenvalue weighted by Gasteiger charge is -2.27. The van der Waals surface area contributed by atoms with Crippen LogP contribution in [0.2, 0.25) is 0 Å². The van der Waals surface area contributed by atoms with Gasteiger partial charge in [0.05, 0.1) is 18.2 Å². The van der Waals surface area contributed by atoms with E-state index in [9.17, 15) is 9.59 Å². The molecule has 0 unspecified atom stereocenters. The van der Waals surface area contributed by atoms with E-state index in [0.29, 0.717) is 18.9 Å². The number of ether oxygens (including phenoxy) is 1. The van der Waals surface area contributed by atoms with E-state index in [1.54, 1.807) is 0 Å². The van der Waals surface area contributed by atoms with Crippen LogP contribution in [0, 0.1) is 5.41 Å². The van der Waals surface area contributed by atoms with Gasteiger partial charge in [0, 0.05) is 13.2 Å². The molecule has 2 N–H and O–H groups in total. The third-order valence-electron chi connectivity index (χ3n) is 4.28. The Morgan fingerprint density at radius 2 is 2.17 bits per heavy atom. The topological polar surface area (TPSA) is 106 Å². The third-order valence-corrected chi connectivity index (χ3v) is 4.28. The van der Waals surface area contributed by atoms with E-state index in [4.69, 9.17) is 9.84 Å². The molecule has 1 saturated carbocycles. The summed E-state index contributed by atoms with van der Waals surface area (Å²) in [5.74, 6) is -0.950. The number of carbonyl (C=O) groups is 2. The highest BCUT2D eigenvalue weighted by Gasteiger charge is 2.40. The molecule has 2 rings (SSSR count). The van der Waals surface area contributed by atoms with Crippen LogP contribution in [0.3, 0.4) is 0 Å². The number of rotatable bonds is 9. The number of nitrogens with zero attached hydrogens (tertiary/aromatic N) is 3. The molecule has 0 spiro atoms. The van der Waals surface area contributed by atoms with Gasteiger partial charge in [-0.3, -0.25) is 9.59 Å². The molecule has 1 heterocycles. The minimum absolute atomic E-state index is 0.0301. The van der Waals surface area contributed by atoms with Gasteiger partial charge in [0.15, 0.2) is 0 Å². The van der Waals surface area contributed by atoms with Gasteiger partial charge in [-0.2, -0.15) is 0 Å². The molecule has 0 atom stereocenters. The van der Waals surface area contributed by atoms with Crippen LogP contribution in [0.4, 0.5) is 0 Å². The predicted molar refractivity (Wildman–Crippen MR) is 81.5 cm³/mol. The fourth-order valence-electron chi connectivity index (χ4n) is 3.05. The monoisotopic (exact) mass is 324 g/mol. The van der Waals surface area contributed by atoms with E-state index in [-0.39, 0.29) is 24.4 Å². The molecular formula is C15H24N4O4. The van der Waals surface area contributed by atoms with Crippen LogP contribution in [-0.4, -0.2) is 45.2 Å². The average molecular weight is 324 g/mol. The molecule has 1 amide bonds. The lowest BCUT2D eigenvalue weighted by molar-refractivity contribution is -0.138. The Morgan fingerprint density at radius 3 is 2.83 bits per heavy atom. The van der Waals surface area contributed by atoms with Crippen molar-refractivity contribution in [3.05, 3.63) is 11.9 Å². The Labute approximate surface area is 135 Å². The summed E-state index contributed by atoms with van der Waals surface area (Å²) in [6.45, 7) is 3.22. The van der Waals surface area contributed by atoms with Gasteiger partial charge in [-0.05, 0) is 26.2 Å². The SMILES string of the molecule is CCOCCC1(C(=O)NCc2cn(CC(=O)O)nn2)CCCC1. The van der Waals surface area contributed by atoms with Crippen molar-refractivity contribution < 1.29 is 19.4 Å². The fraction of sp³-hybridized carbons (Fsp3) is 0.733. The summed E-state index contributed by atoms with van der Waals surface area (Å²) in [4.78, 5) is 23.2. The molecule has 8 heteroatoms. The Morgan fingerprint density at radius 1 is 1.43 bits per heavy atom. The maximum absolute atomic E-state index is 12.6. The number of hydrogen-bond donors (Lipinski definition) is 2. The van der Waals surface area contributed by atoms with E-state index >= 15 is 0 Å². The quantitative estimate of drug-likeness (QED) is 0.656. The van der Waals surface area contributed by atoms with Crippen molar-refractivity contribution in [2.45, 2.75) is 52.1 Å². The standard InChI is InChI=1S/C15H24N4O4/c1-2-23-8-7-15(5-3-4-6-15)14(22)16-9-12-10-19(18-17-12)11-13(20)21/h10H,2-9,11H2,1H3,(H,16,22)(H,20,21). The minimum Gasteiger partial charge on any atom is -0.480 e. The number of hydrogen-bond acceptors (Lipinski definition) is 5. The van der Waals surface area contributed by atoms with Crippen LogP contribution in [0.25, 0.3) is 0 Å². The van der Waals surface area contributed by atoms with E-state index in [1.807, 2.05) is 6.92 Å². The first-order valence-corrected chi connectivity index (χ1v) is 8.02. The smallest absolute Gasteiger partial charge is 0.325 e. The van der Waals surface area contributed by atoms with Gasteiger partial charge in [-0.25, -0.2) is 4.68 Å². The van der Waals surface area contributed by atoms with Crippen LogP contribution in [0.15, 0.2) is 6.20 Å². The molecule has 0 radical (unpaired) electrons. The van der Waals surface area contributed by atoms with Crippen molar-refractivity contribution in [1.29, 1.82) is 0 Å². The molecule has 1 aliphatic carbocycles. The Kier molecular flexibility index (Phi) is 6.09. The minimum atomic E-state index is -0.980. The molecule has 0 saturated heterocycles. The van der Waals surface area contributed by atoms with Crippen LogP contribution >= 0.6 is 0 Å². The van der Waals surface area contributed by atoms with Gasteiger partial charge in [0.25, 0.3) is 0 Å². The van der Waals surface area contributed by atoms with Gasteiger partial charge in [-0.1, -0.05) is 18.1 Å². The number of aliphatic carboxylic acids is 1. The maximum Gasteiger partial charge on any atom is 0.325 e. The van der Waals surface area contributed by atoms with Gasteiger partial charge in [-0.15, -0.1) is 5.10 Å². The summed E-state index contributed by atoms with van der Waals surface area (Å²) in [6.07, 6.45) is 6.17. The second kappa shape index (κ2) is 8.05. The lowest BCUT2D eigenvalue weighted by atomic mass is 9.82. The molecule has 1 aliphatic rings. The van der Waals surface area contributed by atoms with Crippen molar-refractivity contribution in [2.75, 3.05) is 13.2 Å². The molecule has 1 aromatic rings. The molecular weight excluding hydrogens is 300 g/mol. The normalized spacial score (nSPS) is 16.4. The van der Waals surface area contributed by atoms with Crippen molar-refractivity contribution in [2.24, 2.45) is 5.41 Å². The van der Waals surface area contributed by atoms with Crippen molar-refractivity contribution in [3.8, 4) is 0 Å². The number of nitrogens with one attached hydrogen (secondary N) is 1. The summed E-state index contributed by atoms with van der Waals surface area (Å²) >= 11 is 0. The largest absolute Gasteiger partial charge is 0.480 e. The van der Waals surface area contributed by atoms with Crippen LogP contribution in [0.5, 0.6) is 0 Å². The highest BCUT2D eigenvalue weighted by atomic mass is 16.5. The first kappa shape index (κ1) is 17.4. The van der Waals surface area contributed by atoms with E-state index in [1.165, 1.54) is 10.9 Å². The first-order chi connectivity index (χ1) is 11.1. The zero-order chi connectivity index (χ0) is 16.7. The zero-order valence-corrected chi connectivity index (χ0v) is 13.5. The Balaban J connectivity index is 1.88. The average Bonchev–Trinajstić information content (AvgIpc) is 3.15. The van der Waals surface area contributed by atoms with Crippen molar-refractivity contribution in [1.82, 2.24) is 20.3 Å². The molecule has 1 fully saturated rings. The van der Waals surface area contributed by atoms with Gasteiger partial charge < -0.3 is 15.2 Å². The lowest BCUT2D eigenvalue weighted by Crippen LogP contribution is -2.39. The number of amides is 1. The van der Waals surface area contributed by atoms with Crippen LogP contribution in [0.1, 0.15) is 44.7 Å². The van der Waals surface area contributed by atoms with Gasteiger partial charge in [0.1, 0.15) is 12.2 Å². The maximum atomic E-state index is 12.6. The van der Waals surface area contributed by atoms with Gasteiger partial charge in [0.2, 0.25) is 5.91 Å². The Hall–Kier alpha value is -1.96. The van der Waals surface area contributed by atoms with E-state index in [0.717, 1.165) is 32.1 Å². The van der Waals surface area contributed by atoms with Crippen LogP contribution in [-0.2, 0) is 27.4 Å². The summed E-state index contributed by atoms with van der Waals surface area (Å²) < 4.78 is 6.65. The Bertz CT molecular complexity index is 537. The number of carboxylic acid groups (broad SMARTS) is 1. The molecule has 0 aromatic carbocycles. The summed E-state index contributed by atoms with van der Waals surface area (Å²) in [6, 6.07) is 0. The molecule has 8 nitrogen and oxygen atoms in total. The van der Waals surface area contributed by atoms with Crippen LogP contribution < -0.4 is 5.32 Å². The first-order valence-electron chi connectivity index (χ1n) is 8.02. The summed E-state index contributed by atoms with van der Waals surface area (Å²) in [7, 11) is 0. The second-order valence-corrected chi connectivity index (χ2v) is 5.92. The highest BCUT2D eigenvalue weighted by Crippen LogP contribution is 2.41. The molecule has 23 heavy (non-hydrogen) atoms. The zero-order valence-electron chi connectivity index (χ0n) is 13.5.